The van der Waals surface area contributed by atoms with Crippen LogP contribution in [0, 0.1) is 5.82 Å². The zero-order valence-corrected chi connectivity index (χ0v) is 12.3. The molecule has 0 spiro atoms. The van der Waals surface area contributed by atoms with Crippen LogP contribution in [0.1, 0.15) is 5.56 Å². The molecular weight excluding hydrogens is 336 g/mol. The third kappa shape index (κ3) is 4.35. The van der Waals surface area contributed by atoms with Crippen molar-refractivity contribution in [1.82, 2.24) is 0 Å². The van der Waals surface area contributed by atoms with E-state index >= 15 is 0 Å². The van der Waals surface area contributed by atoms with Crippen LogP contribution in [0.25, 0.3) is 0 Å². The number of anilines is 2. The Labute approximate surface area is 134 Å². The molecule has 3 nitrogen and oxygen atoms in total. The highest BCUT2D eigenvalue weighted by molar-refractivity contribution is 6.31. The Hall–Kier alpha value is -2.28. The van der Waals surface area contributed by atoms with Crippen LogP contribution in [0.2, 0.25) is 5.02 Å². The third-order valence-electron chi connectivity index (χ3n) is 2.90. The SMILES string of the molecule is O=C(CNc1cccc(Cl)c1F)Nc1ccccc1C(F)(F)F. The van der Waals surface area contributed by atoms with E-state index in [-0.39, 0.29) is 16.4 Å². The summed E-state index contributed by atoms with van der Waals surface area (Å²) < 4.78 is 52.1. The lowest BCUT2D eigenvalue weighted by atomic mass is 10.1. The Morgan fingerprint density at radius 3 is 2.39 bits per heavy atom. The molecule has 0 unspecified atom stereocenters. The molecule has 0 atom stereocenters. The van der Waals surface area contributed by atoms with Gasteiger partial charge < -0.3 is 10.6 Å². The van der Waals surface area contributed by atoms with Crippen LogP contribution in [0.5, 0.6) is 0 Å². The first-order chi connectivity index (χ1) is 10.8. The number of halogens is 5. The van der Waals surface area contributed by atoms with Gasteiger partial charge in [0, 0.05) is 0 Å². The molecule has 1 amide bonds. The molecule has 0 fully saturated rings. The normalized spacial score (nSPS) is 11.2. The first-order valence-electron chi connectivity index (χ1n) is 6.43. The molecule has 2 rings (SSSR count). The lowest BCUT2D eigenvalue weighted by Gasteiger charge is -2.14. The monoisotopic (exact) mass is 346 g/mol. The van der Waals surface area contributed by atoms with E-state index in [1.807, 2.05) is 0 Å². The maximum Gasteiger partial charge on any atom is 0.418 e. The van der Waals surface area contributed by atoms with Crippen molar-refractivity contribution in [2.45, 2.75) is 6.18 Å². The number of carbonyl (C=O) groups excluding carboxylic acids is 1. The fourth-order valence-electron chi connectivity index (χ4n) is 1.85. The summed E-state index contributed by atoms with van der Waals surface area (Å²) in [6.45, 7) is -0.413. The summed E-state index contributed by atoms with van der Waals surface area (Å²) in [5.41, 5.74) is -1.34. The molecule has 0 aliphatic carbocycles. The second kappa shape index (κ2) is 6.87. The highest BCUT2D eigenvalue weighted by atomic mass is 35.5. The number of amides is 1. The number of hydrogen-bond donors (Lipinski definition) is 2. The number of para-hydroxylation sites is 1. The molecule has 0 saturated heterocycles. The van der Waals surface area contributed by atoms with Gasteiger partial charge >= 0.3 is 6.18 Å². The molecule has 0 heterocycles. The summed E-state index contributed by atoms with van der Waals surface area (Å²) >= 11 is 5.59. The Balaban J connectivity index is 2.05. The number of benzene rings is 2. The molecule has 0 aliphatic heterocycles. The summed E-state index contributed by atoms with van der Waals surface area (Å²) in [5.74, 6) is -1.49. The lowest BCUT2D eigenvalue weighted by Crippen LogP contribution is -2.23. The number of carbonyl (C=O) groups is 1. The second-order valence-corrected chi connectivity index (χ2v) is 4.95. The molecule has 0 aromatic heterocycles. The van der Waals surface area contributed by atoms with Crippen LogP contribution in [0.3, 0.4) is 0 Å². The molecule has 0 aliphatic rings. The molecular formula is C15H11ClF4N2O. The van der Waals surface area contributed by atoms with Gasteiger partial charge in [0.05, 0.1) is 28.5 Å². The van der Waals surface area contributed by atoms with Gasteiger partial charge in [-0.25, -0.2) is 4.39 Å². The minimum Gasteiger partial charge on any atom is -0.374 e. The van der Waals surface area contributed by atoms with E-state index in [2.05, 4.69) is 10.6 Å². The minimum absolute atomic E-state index is 0.0169. The van der Waals surface area contributed by atoms with Crippen LogP contribution < -0.4 is 10.6 Å². The maximum atomic E-state index is 13.6. The standard InChI is InChI=1S/C15H11ClF4N2O/c16-10-5-3-7-12(14(10)17)21-8-13(23)22-11-6-2-1-4-9(11)15(18,19)20/h1-7,21H,8H2,(H,22,23). The van der Waals surface area contributed by atoms with Crippen molar-refractivity contribution in [2.24, 2.45) is 0 Å². The van der Waals surface area contributed by atoms with Gasteiger partial charge in [0.2, 0.25) is 5.91 Å². The predicted molar refractivity (Wildman–Crippen MR) is 80.0 cm³/mol. The average molecular weight is 347 g/mol. The number of rotatable bonds is 4. The molecule has 2 aromatic rings. The lowest BCUT2D eigenvalue weighted by molar-refractivity contribution is -0.137. The summed E-state index contributed by atoms with van der Waals surface area (Å²) in [6.07, 6.45) is -4.59. The van der Waals surface area contributed by atoms with Crippen LogP contribution in [0.15, 0.2) is 42.5 Å². The van der Waals surface area contributed by atoms with Crippen LogP contribution >= 0.6 is 11.6 Å². The van der Waals surface area contributed by atoms with Gasteiger partial charge in [-0.1, -0.05) is 29.8 Å². The fraction of sp³-hybridized carbons (Fsp3) is 0.133. The van der Waals surface area contributed by atoms with E-state index in [1.54, 1.807) is 0 Å². The third-order valence-corrected chi connectivity index (χ3v) is 3.19. The maximum absolute atomic E-state index is 13.6. The number of alkyl halides is 3. The van der Waals surface area contributed by atoms with Gasteiger partial charge in [-0.3, -0.25) is 4.79 Å². The highest BCUT2D eigenvalue weighted by Crippen LogP contribution is 2.34. The Morgan fingerprint density at radius 1 is 1.04 bits per heavy atom. The molecule has 23 heavy (non-hydrogen) atoms. The number of nitrogens with one attached hydrogen (secondary N) is 2. The average Bonchev–Trinajstić information content (AvgIpc) is 2.48. The van der Waals surface area contributed by atoms with Gasteiger partial charge in [0.15, 0.2) is 5.82 Å². The van der Waals surface area contributed by atoms with Crippen LogP contribution in [0.4, 0.5) is 28.9 Å². The van der Waals surface area contributed by atoms with Crippen molar-refractivity contribution < 1.29 is 22.4 Å². The molecule has 0 bridgehead atoms. The molecule has 0 radical (unpaired) electrons. The van der Waals surface area contributed by atoms with Gasteiger partial charge in [-0.15, -0.1) is 0 Å². The Morgan fingerprint density at radius 2 is 1.70 bits per heavy atom. The fourth-order valence-corrected chi connectivity index (χ4v) is 2.02. The van der Waals surface area contributed by atoms with Crippen molar-refractivity contribution in [3.8, 4) is 0 Å². The van der Waals surface area contributed by atoms with E-state index in [1.165, 1.54) is 30.3 Å². The first kappa shape index (κ1) is 17.1. The summed E-state index contributed by atoms with van der Waals surface area (Å²) in [7, 11) is 0. The van der Waals surface area contributed by atoms with E-state index in [9.17, 15) is 22.4 Å². The first-order valence-corrected chi connectivity index (χ1v) is 6.81. The van der Waals surface area contributed by atoms with Crippen molar-refractivity contribution in [1.29, 1.82) is 0 Å². The van der Waals surface area contributed by atoms with Gasteiger partial charge in [0.1, 0.15) is 0 Å². The second-order valence-electron chi connectivity index (χ2n) is 4.55. The van der Waals surface area contributed by atoms with Crippen molar-refractivity contribution in [3.63, 3.8) is 0 Å². The topological polar surface area (TPSA) is 41.1 Å². The van der Waals surface area contributed by atoms with Gasteiger partial charge in [-0.2, -0.15) is 13.2 Å². The summed E-state index contributed by atoms with van der Waals surface area (Å²) in [4.78, 5) is 11.8. The quantitative estimate of drug-likeness (QED) is 0.797. The largest absolute Gasteiger partial charge is 0.418 e. The van der Waals surface area contributed by atoms with Crippen LogP contribution in [-0.2, 0) is 11.0 Å². The van der Waals surface area contributed by atoms with Crippen molar-refractivity contribution in [2.75, 3.05) is 17.2 Å². The molecule has 2 aromatic carbocycles. The zero-order valence-electron chi connectivity index (χ0n) is 11.5. The van der Waals surface area contributed by atoms with Crippen molar-refractivity contribution >= 4 is 28.9 Å². The van der Waals surface area contributed by atoms with Crippen LogP contribution in [-0.4, -0.2) is 12.5 Å². The van der Waals surface area contributed by atoms with Crippen molar-refractivity contribution in [3.05, 3.63) is 58.9 Å². The summed E-state index contributed by atoms with van der Waals surface area (Å²) in [6, 6.07) is 8.76. The molecule has 0 saturated carbocycles. The minimum atomic E-state index is -4.59. The summed E-state index contributed by atoms with van der Waals surface area (Å²) in [5, 5.41) is 4.50. The molecule has 2 N–H and O–H groups in total. The smallest absolute Gasteiger partial charge is 0.374 e. The Kier molecular flexibility index (Phi) is 5.10. The molecule has 122 valence electrons. The van der Waals surface area contributed by atoms with E-state index in [0.29, 0.717) is 0 Å². The number of hydrogen-bond acceptors (Lipinski definition) is 2. The zero-order chi connectivity index (χ0) is 17.0. The molecule has 8 heteroatoms. The van der Waals surface area contributed by atoms with E-state index in [0.717, 1.165) is 12.1 Å². The Bertz CT molecular complexity index is 719. The van der Waals surface area contributed by atoms with E-state index in [4.69, 9.17) is 11.6 Å². The highest BCUT2D eigenvalue weighted by Gasteiger charge is 2.33. The van der Waals surface area contributed by atoms with Gasteiger partial charge in [-0.05, 0) is 24.3 Å². The predicted octanol–water partition coefficient (Wildman–Crippen LogP) is 4.55. The van der Waals surface area contributed by atoms with E-state index < -0.39 is 30.0 Å². The van der Waals surface area contributed by atoms with Gasteiger partial charge in [0.25, 0.3) is 0 Å².